The van der Waals surface area contributed by atoms with Crippen molar-refractivity contribution in [2.45, 2.75) is 33.4 Å². The standard InChI is InChI=1S/C16H21BFNO/c1-10-8-19(9-11(10)2)16(20)12-6-14-13(15(18)7-12)4-5-17(14)3/h6-7,10-11H,4-5,8-9H2,1-3H3. The molecule has 0 N–H and O–H groups in total. The quantitative estimate of drug-likeness (QED) is 0.720. The van der Waals surface area contributed by atoms with Crippen molar-refractivity contribution in [3.05, 3.63) is 29.1 Å². The van der Waals surface area contributed by atoms with Gasteiger partial charge in [-0.2, -0.15) is 0 Å². The van der Waals surface area contributed by atoms with Crippen molar-refractivity contribution < 1.29 is 9.18 Å². The van der Waals surface area contributed by atoms with Crippen LogP contribution in [0.2, 0.25) is 13.1 Å². The van der Waals surface area contributed by atoms with E-state index in [9.17, 15) is 9.18 Å². The fraction of sp³-hybridized carbons (Fsp3) is 0.562. The van der Waals surface area contributed by atoms with Crippen LogP contribution in [-0.2, 0) is 6.42 Å². The molecule has 2 heterocycles. The summed E-state index contributed by atoms with van der Waals surface area (Å²) in [7, 11) is 0. The normalized spacial score (nSPS) is 25.2. The lowest BCUT2D eigenvalue weighted by molar-refractivity contribution is 0.0784. The summed E-state index contributed by atoms with van der Waals surface area (Å²) in [5.74, 6) is 0.840. The van der Waals surface area contributed by atoms with Crippen LogP contribution in [0, 0.1) is 17.7 Å². The lowest BCUT2D eigenvalue weighted by atomic mass is 9.48. The number of halogens is 1. The van der Waals surface area contributed by atoms with Crippen molar-refractivity contribution in [3.63, 3.8) is 0 Å². The second kappa shape index (κ2) is 4.90. The number of likely N-dealkylation sites (tertiary alicyclic amines) is 1. The van der Waals surface area contributed by atoms with Crippen molar-refractivity contribution in [2.24, 2.45) is 11.8 Å². The fourth-order valence-electron chi connectivity index (χ4n) is 3.48. The number of hydrogen-bond donors (Lipinski definition) is 0. The van der Waals surface area contributed by atoms with Gasteiger partial charge in [0, 0.05) is 18.7 Å². The molecule has 0 bridgehead atoms. The second-order valence-corrected chi connectivity index (χ2v) is 6.63. The maximum atomic E-state index is 14.2. The zero-order valence-electron chi connectivity index (χ0n) is 12.4. The summed E-state index contributed by atoms with van der Waals surface area (Å²) in [6.45, 7) is 8.39. The Kier molecular flexibility index (Phi) is 3.35. The van der Waals surface area contributed by atoms with Gasteiger partial charge in [-0.3, -0.25) is 4.79 Å². The zero-order valence-corrected chi connectivity index (χ0v) is 12.4. The predicted octanol–water partition coefficient (Wildman–Crippen LogP) is 2.44. The number of nitrogens with zero attached hydrogens (tertiary/aromatic N) is 1. The van der Waals surface area contributed by atoms with Gasteiger partial charge in [-0.1, -0.05) is 38.5 Å². The first-order valence-corrected chi connectivity index (χ1v) is 7.59. The highest BCUT2D eigenvalue weighted by Gasteiger charge is 2.32. The van der Waals surface area contributed by atoms with Crippen LogP contribution in [0.1, 0.15) is 29.8 Å². The number of benzene rings is 1. The van der Waals surface area contributed by atoms with Gasteiger partial charge >= 0.3 is 0 Å². The Morgan fingerprint density at radius 3 is 2.60 bits per heavy atom. The Morgan fingerprint density at radius 2 is 1.95 bits per heavy atom. The van der Waals surface area contributed by atoms with E-state index in [4.69, 9.17) is 0 Å². The summed E-state index contributed by atoms with van der Waals surface area (Å²) < 4.78 is 14.2. The molecule has 1 amide bonds. The highest BCUT2D eigenvalue weighted by molar-refractivity contribution is 6.73. The molecule has 0 aromatic heterocycles. The summed E-state index contributed by atoms with van der Waals surface area (Å²) in [4.78, 5) is 14.4. The molecule has 4 heteroatoms. The van der Waals surface area contributed by atoms with Crippen LogP contribution < -0.4 is 5.46 Å². The Bertz CT molecular complexity index is 550. The van der Waals surface area contributed by atoms with E-state index in [1.54, 1.807) is 0 Å². The van der Waals surface area contributed by atoms with Gasteiger partial charge in [0.1, 0.15) is 5.82 Å². The molecule has 1 aromatic rings. The molecule has 1 saturated heterocycles. The summed E-state index contributed by atoms with van der Waals surface area (Å²) in [6.07, 6.45) is 1.79. The molecule has 3 rings (SSSR count). The van der Waals surface area contributed by atoms with Crippen LogP contribution in [0.4, 0.5) is 4.39 Å². The van der Waals surface area contributed by atoms with E-state index in [2.05, 4.69) is 20.7 Å². The molecular formula is C16H21BFNO. The van der Waals surface area contributed by atoms with Crippen LogP contribution in [0.15, 0.2) is 12.1 Å². The monoisotopic (exact) mass is 273 g/mol. The molecule has 2 nitrogen and oxygen atoms in total. The molecule has 2 aliphatic heterocycles. The second-order valence-electron chi connectivity index (χ2n) is 6.63. The third kappa shape index (κ3) is 2.15. The van der Waals surface area contributed by atoms with E-state index in [0.29, 0.717) is 24.1 Å². The number of amides is 1. The third-order valence-electron chi connectivity index (χ3n) is 5.11. The molecule has 1 fully saturated rings. The van der Waals surface area contributed by atoms with Crippen LogP contribution in [0.5, 0.6) is 0 Å². The molecule has 2 aliphatic rings. The van der Waals surface area contributed by atoms with Gasteiger partial charge in [0.15, 0.2) is 6.71 Å². The van der Waals surface area contributed by atoms with E-state index >= 15 is 0 Å². The molecule has 2 unspecified atom stereocenters. The first-order valence-electron chi connectivity index (χ1n) is 7.59. The van der Waals surface area contributed by atoms with Gasteiger partial charge in [-0.15, -0.1) is 0 Å². The molecule has 0 aliphatic carbocycles. The molecule has 106 valence electrons. The number of fused-ring (bicyclic) bond motifs is 1. The molecule has 20 heavy (non-hydrogen) atoms. The lowest BCUT2D eigenvalue weighted by Gasteiger charge is -2.17. The minimum Gasteiger partial charge on any atom is -0.338 e. The first kappa shape index (κ1) is 13.7. The van der Waals surface area contributed by atoms with Crippen LogP contribution >= 0.6 is 0 Å². The zero-order chi connectivity index (χ0) is 14.4. The molecule has 1 aromatic carbocycles. The van der Waals surface area contributed by atoms with Crippen molar-refractivity contribution in [1.82, 2.24) is 4.90 Å². The average molecular weight is 273 g/mol. The molecular weight excluding hydrogens is 252 g/mol. The SMILES string of the molecule is CB1CCc2c(F)cc(C(=O)N3CC(C)C(C)C3)cc21. The van der Waals surface area contributed by atoms with E-state index < -0.39 is 0 Å². The van der Waals surface area contributed by atoms with Gasteiger partial charge in [0.05, 0.1) is 0 Å². The van der Waals surface area contributed by atoms with Crippen LogP contribution in [-0.4, -0.2) is 30.6 Å². The van der Waals surface area contributed by atoms with Gasteiger partial charge < -0.3 is 4.90 Å². The van der Waals surface area contributed by atoms with Crippen LogP contribution in [0.25, 0.3) is 0 Å². The number of rotatable bonds is 1. The number of carbonyl (C=O) groups is 1. The smallest absolute Gasteiger partial charge is 0.253 e. The van der Waals surface area contributed by atoms with Crippen LogP contribution in [0.3, 0.4) is 0 Å². The van der Waals surface area contributed by atoms with E-state index in [-0.39, 0.29) is 11.7 Å². The number of carbonyl (C=O) groups excluding carboxylic acids is 1. The van der Waals surface area contributed by atoms with E-state index in [1.807, 2.05) is 11.0 Å². The van der Waals surface area contributed by atoms with Gasteiger partial charge in [-0.05, 0) is 29.9 Å². The maximum absolute atomic E-state index is 14.2. The molecule has 0 saturated carbocycles. The highest BCUT2D eigenvalue weighted by Crippen LogP contribution is 2.25. The van der Waals surface area contributed by atoms with Gasteiger partial charge in [-0.25, -0.2) is 4.39 Å². The summed E-state index contributed by atoms with van der Waals surface area (Å²) in [5, 5.41) is 0. The average Bonchev–Trinajstić information content (AvgIpc) is 2.94. The Labute approximate surface area is 120 Å². The summed E-state index contributed by atoms with van der Waals surface area (Å²) in [5.41, 5.74) is 2.38. The molecule has 0 radical (unpaired) electrons. The maximum Gasteiger partial charge on any atom is 0.253 e. The largest absolute Gasteiger partial charge is 0.338 e. The number of hydrogen-bond acceptors (Lipinski definition) is 1. The van der Waals surface area contributed by atoms with Gasteiger partial charge in [0.25, 0.3) is 5.91 Å². The highest BCUT2D eigenvalue weighted by atomic mass is 19.1. The first-order chi connectivity index (χ1) is 9.47. The minimum absolute atomic E-state index is 0.0120. The third-order valence-corrected chi connectivity index (χ3v) is 5.11. The fourth-order valence-corrected chi connectivity index (χ4v) is 3.48. The van der Waals surface area contributed by atoms with Crippen molar-refractivity contribution >= 4 is 18.1 Å². The Morgan fingerprint density at radius 1 is 1.30 bits per heavy atom. The minimum atomic E-state index is -0.199. The van der Waals surface area contributed by atoms with E-state index in [1.165, 1.54) is 6.07 Å². The lowest BCUT2D eigenvalue weighted by Crippen LogP contribution is -2.31. The Balaban J connectivity index is 1.90. The summed E-state index contributed by atoms with van der Waals surface area (Å²) in [6, 6.07) is 3.36. The molecule has 2 atom stereocenters. The van der Waals surface area contributed by atoms with Gasteiger partial charge in [0.2, 0.25) is 0 Å². The van der Waals surface area contributed by atoms with E-state index in [0.717, 1.165) is 36.9 Å². The van der Waals surface area contributed by atoms with Crippen molar-refractivity contribution in [3.8, 4) is 0 Å². The topological polar surface area (TPSA) is 20.3 Å². The predicted molar refractivity (Wildman–Crippen MR) is 80.4 cm³/mol. The van der Waals surface area contributed by atoms with Crippen molar-refractivity contribution in [1.29, 1.82) is 0 Å². The van der Waals surface area contributed by atoms with Crippen molar-refractivity contribution in [2.75, 3.05) is 13.1 Å². The Hall–Kier alpha value is -1.32. The molecule has 0 spiro atoms. The summed E-state index contributed by atoms with van der Waals surface area (Å²) >= 11 is 0.